The van der Waals surface area contributed by atoms with Gasteiger partial charge in [-0.2, -0.15) is 0 Å². The minimum absolute atomic E-state index is 0.217. The van der Waals surface area contributed by atoms with E-state index in [1.54, 1.807) is 12.1 Å². The van der Waals surface area contributed by atoms with Gasteiger partial charge in [0.25, 0.3) is 5.69 Å². The van der Waals surface area contributed by atoms with Crippen LogP contribution in [0.5, 0.6) is 0 Å². The van der Waals surface area contributed by atoms with E-state index in [4.69, 9.17) is 5.73 Å². The van der Waals surface area contributed by atoms with Gasteiger partial charge in [-0.15, -0.1) is 0 Å². The first-order valence-corrected chi connectivity index (χ1v) is 6.28. The molecule has 1 aliphatic heterocycles. The van der Waals surface area contributed by atoms with E-state index in [9.17, 15) is 10.1 Å². The third-order valence-corrected chi connectivity index (χ3v) is 3.63. The Morgan fingerprint density at radius 1 is 1.44 bits per heavy atom. The van der Waals surface area contributed by atoms with E-state index in [1.165, 1.54) is 0 Å². The summed E-state index contributed by atoms with van der Waals surface area (Å²) < 4.78 is 0. The van der Waals surface area contributed by atoms with Gasteiger partial charge < -0.3 is 10.6 Å². The Hall–Kier alpha value is -1.46. The average molecular weight is 249 g/mol. The molecule has 98 valence electrons. The van der Waals surface area contributed by atoms with Crippen LogP contribution in [0.2, 0.25) is 0 Å². The molecule has 1 saturated heterocycles. The second-order valence-corrected chi connectivity index (χ2v) is 5.04. The molecule has 0 radical (unpaired) electrons. The van der Waals surface area contributed by atoms with E-state index in [2.05, 4.69) is 11.8 Å². The first-order chi connectivity index (χ1) is 8.58. The molecule has 5 nitrogen and oxygen atoms in total. The van der Waals surface area contributed by atoms with Crippen LogP contribution in [0.3, 0.4) is 0 Å². The summed E-state index contributed by atoms with van der Waals surface area (Å²) in [5, 5.41) is 10.9. The molecule has 2 N–H and O–H groups in total. The van der Waals surface area contributed by atoms with Gasteiger partial charge in [0, 0.05) is 37.3 Å². The van der Waals surface area contributed by atoms with Crippen LogP contribution in [0.4, 0.5) is 5.69 Å². The summed E-state index contributed by atoms with van der Waals surface area (Å²) in [6.07, 6.45) is 0.705. The number of para-hydroxylation sites is 1. The normalized spacial score (nSPS) is 24.3. The van der Waals surface area contributed by atoms with Crippen molar-refractivity contribution < 1.29 is 4.92 Å². The SMILES string of the molecule is CC1CN(CCc2ccccc2[N+](=O)[O-])CC1N. The molecule has 0 spiro atoms. The van der Waals surface area contributed by atoms with Crippen molar-refractivity contribution in [2.45, 2.75) is 19.4 Å². The molecule has 0 saturated carbocycles. The van der Waals surface area contributed by atoms with E-state index in [0.717, 1.165) is 25.2 Å². The molecule has 1 heterocycles. The number of benzene rings is 1. The molecule has 0 amide bonds. The van der Waals surface area contributed by atoms with Crippen LogP contribution in [0.25, 0.3) is 0 Å². The molecule has 2 atom stereocenters. The minimum Gasteiger partial charge on any atom is -0.326 e. The van der Waals surface area contributed by atoms with Crippen LogP contribution in [-0.4, -0.2) is 35.5 Å². The molecule has 0 aliphatic carbocycles. The van der Waals surface area contributed by atoms with Crippen molar-refractivity contribution in [3.63, 3.8) is 0 Å². The number of nitro groups is 1. The molecule has 1 fully saturated rings. The summed E-state index contributed by atoms with van der Waals surface area (Å²) in [5.74, 6) is 0.510. The highest BCUT2D eigenvalue weighted by Crippen LogP contribution is 2.20. The summed E-state index contributed by atoms with van der Waals surface area (Å²) in [4.78, 5) is 12.9. The second-order valence-electron chi connectivity index (χ2n) is 5.04. The fraction of sp³-hybridized carbons (Fsp3) is 0.538. The fourth-order valence-electron chi connectivity index (χ4n) is 2.46. The maximum atomic E-state index is 10.9. The van der Waals surface area contributed by atoms with Crippen molar-refractivity contribution in [1.82, 2.24) is 4.90 Å². The number of nitrogens with two attached hydrogens (primary N) is 1. The number of rotatable bonds is 4. The summed E-state index contributed by atoms with van der Waals surface area (Å²) in [5.41, 5.74) is 6.98. The summed E-state index contributed by atoms with van der Waals surface area (Å²) in [6, 6.07) is 7.18. The van der Waals surface area contributed by atoms with Gasteiger partial charge >= 0.3 is 0 Å². The molecule has 1 aliphatic rings. The molecular weight excluding hydrogens is 230 g/mol. The number of nitrogens with zero attached hydrogens (tertiary/aromatic N) is 2. The lowest BCUT2D eigenvalue weighted by Crippen LogP contribution is -2.29. The standard InChI is InChI=1S/C13H19N3O2/c1-10-8-15(9-12(10)14)7-6-11-4-2-3-5-13(11)16(17)18/h2-5,10,12H,6-9,14H2,1H3. The predicted octanol–water partition coefficient (Wildman–Crippen LogP) is 1.42. The highest BCUT2D eigenvalue weighted by atomic mass is 16.6. The van der Waals surface area contributed by atoms with Crippen molar-refractivity contribution >= 4 is 5.69 Å². The molecule has 0 bridgehead atoms. The molecular formula is C13H19N3O2. The average Bonchev–Trinajstić information content (AvgIpc) is 2.66. The van der Waals surface area contributed by atoms with Gasteiger partial charge in [-0.3, -0.25) is 10.1 Å². The summed E-state index contributed by atoms with van der Waals surface area (Å²) in [7, 11) is 0. The molecule has 1 aromatic rings. The number of nitro benzene ring substituents is 1. The maximum Gasteiger partial charge on any atom is 0.272 e. The van der Waals surface area contributed by atoms with Crippen LogP contribution in [0, 0.1) is 16.0 Å². The highest BCUT2D eigenvalue weighted by molar-refractivity contribution is 5.39. The Labute approximate surface area is 107 Å². The van der Waals surface area contributed by atoms with Crippen LogP contribution < -0.4 is 5.73 Å². The Bertz CT molecular complexity index is 426. The van der Waals surface area contributed by atoms with Crippen molar-refractivity contribution in [1.29, 1.82) is 0 Å². The van der Waals surface area contributed by atoms with E-state index >= 15 is 0 Å². The van der Waals surface area contributed by atoms with Crippen molar-refractivity contribution in [2.24, 2.45) is 11.7 Å². The van der Waals surface area contributed by atoms with Gasteiger partial charge in [-0.25, -0.2) is 0 Å². The third-order valence-electron chi connectivity index (χ3n) is 3.63. The van der Waals surface area contributed by atoms with Gasteiger partial charge in [-0.05, 0) is 12.3 Å². The molecule has 2 unspecified atom stereocenters. The van der Waals surface area contributed by atoms with Crippen LogP contribution in [0.15, 0.2) is 24.3 Å². The van der Waals surface area contributed by atoms with Crippen LogP contribution in [0.1, 0.15) is 12.5 Å². The lowest BCUT2D eigenvalue weighted by molar-refractivity contribution is -0.385. The Morgan fingerprint density at radius 3 is 2.78 bits per heavy atom. The van der Waals surface area contributed by atoms with Crippen molar-refractivity contribution in [3.05, 3.63) is 39.9 Å². The largest absolute Gasteiger partial charge is 0.326 e. The molecule has 2 rings (SSSR count). The first kappa shape index (κ1) is 13.0. The molecule has 1 aromatic carbocycles. The highest BCUT2D eigenvalue weighted by Gasteiger charge is 2.26. The minimum atomic E-state index is -0.312. The number of hydrogen-bond donors (Lipinski definition) is 1. The third kappa shape index (κ3) is 2.86. The van der Waals surface area contributed by atoms with E-state index < -0.39 is 0 Å². The molecule has 5 heteroatoms. The molecule has 0 aromatic heterocycles. The quantitative estimate of drug-likeness (QED) is 0.647. The Balaban J connectivity index is 1.97. The summed E-state index contributed by atoms with van der Waals surface area (Å²) in [6.45, 7) is 4.86. The lowest BCUT2D eigenvalue weighted by atomic mass is 10.1. The van der Waals surface area contributed by atoms with Crippen LogP contribution >= 0.6 is 0 Å². The molecule has 18 heavy (non-hydrogen) atoms. The lowest BCUT2D eigenvalue weighted by Gasteiger charge is -2.14. The number of likely N-dealkylation sites (tertiary alicyclic amines) is 1. The van der Waals surface area contributed by atoms with Gasteiger partial charge in [0.2, 0.25) is 0 Å². The van der Waals surface area contributed by atoms with E-state index in [0.29, 0.717) is 12.3 Å². The zero-order valence-corrected chi connectivity index (χ0v) is 10.6. The predicted molar refractivity (Wildman–Crippen MR) is 70.4 cm³/mol. The van der Waals surface area contributed by atoms with Crippen molar-refractivity contribution in [2.75, 3.05) is 19.6 Å². The van der Waals surface area contributed by atoms with Crippen molar-refractivity contribution in [3.8, 4) is 0 Å². The van der Waals surface area contributed by atoms with Gasteiger partial charge in [-0.1, -0.05) is 25.1 Å². The van der Waals surface area contributed by atoms with Gasteiger partial charge in [0.05, 0.1) is 4.92 Å². The number of hydrogen-bond acceptors (Lipinski definition) is 4. The first-order valence-electron chi connectivity index (χ1n) is 6.28. The zero-order chi connectivity index (χ0) is 13.1. The summed E-state index contributed by atoms with van der Waals surface area (Å²) >= 11 is 0. The Morgan fingerprint density at radius 2 is 2.17 bits per heavy atom. The fourth-order valence-corrected chi connectivity index (χ4v) is 2.46. The Kier molecular flexibility index (Phi) is 3.93. The zero-order valence-electron chi connectivity index (χ0n) is 10.6. The van der Waals surface area contributed by atoms with Gasteiger partial charge in [0.1, 0.15) is 0 Å². The van der Waals surface area contributed by atoms with Gasteiger partial charge in [0.15, 0.2) is 0 Å². The van der Waals surface area contributed by atoms with E-state index in [-0.39, 0.29) is 16.7 Å². The maximum absolute atomic E-state index is 10.9. The van der Waals surface area contributed by atoms with Crippen LogP contribution in [-0.2, 0) is 6.42 Å². The smallest absolute Gasteiger partial charge is 0.272 e. The monoisotopic (exact) mass is 249 g/mol. The van der Waals surface area contributed by atoms with E-state index in [1.807, 2.05) is 12.1 Å². The second kappa shape index (κ2) is 5.46. The topological polar surface area (TPSA) is 72.4 Å².